The lowest BCUT2D eigenvalue weighted by atomic mass is 9.92. The monoisotopic (exact) mass is 584 g/mol. The maximum atomic E-state index is 5.34. The second-order valence-electron chi connectivity index (χ2n) is 11.8. The van der Waals surface area contributed by atoms with E-state index in [-0.39, 0.29) is 0 Å². The van der Waals surface area contributed by atoms with E-state index in [0.717, 1.165) is 44.7 Å². The van der Waals surface area contributed by atoms with Crippen molar-refractivity contribution >= 4 is 43.1 Å². The molecule has 0 unspecified atom stereocenters. The van der Waals surface area contributed by atoms with Crippen molar-refractivity contribution in [2.45, 2.75) is 0 Å². The van der Waals surface area contributed by atoms with Crippen LogP contribution in [0.25, 0.3) is 88.1 Å². The lowest BCUT2D eigenvalue weighted by Gasteiger charge is -2.15. The summed E-state index contributed by atoms with van der Waals surface area (Å²) in [7, 11) is 0. The number of fused-ring (bicyclic) bond motifs is 5. The first kappa shape index (κ1) is 26.3. The van der Waals surface area contributed by atoms with Crippen LogP contribution >= 0.6 is 0 Å². The molecule has 0 aliphatic heterocycles. The van der Waals surface area contributed by atoms with Gasteiger partial charge in [-0.15, -0.1) is 0 Å². The second-order valence-corrected chi connectivity index (χ2v) is 11.8. The molecule has 0 bridgehead atoms. The van der Waals surface area contributed by atoms with Gasteiger partial charge in [0.2, 0.25) is 0 Å². The van der Waals surface area contributed by atoms with Gasteiger partial charge in [0.15, 0.2) is 5.82 Å². The molecule has 0 saturated carbocycles. The molecule has 2 nitrogen and oxygen atoms in total. The van der Waals surface area contributed by atoms with Crippen LogP contribution in [-0.2, 0) is 0 Å². The van der Waals surface area contributed by atoms with E-state index >= 15 is 0 Å². The average Bonchev–Trinajstić information content (AvgIpc) is 3.14. The van der Waals surface area contributed by atoms with Crippen molar-refractivity contribution in [3.05, 3.63) is 170 Å². The summed E-state index contributed by atoms with van der Waals surface area (Å²) in [6.45, 7) is 0. The SMILES string of the molecule is c1ccc(-c2ccc(-c3cc(-c4ccc5ccccc5c4)nc(-c4c5ccccc5cc5c4ccc4ccccc45)n3)cc2)cc1. The summed E-state index contributed by atoms with van der Waals surface area (Å²) in [6, 6.07) is 60.4. The maximum absolute atomic E-state index is 5.34. The second kappa shape index (κ2) is 10.8. The highest BCUT2D eigenvalue weighted by molar-refractivity contribution is 6.19. The van der Waals surface area contributed by atoms with Gasteiger partial charge in [-0.1, -0.05) is 152 Å². The maximum Gasteiger partial charge on any atom is 0.161 e. The van der Waals surface area contributed by atoms with Crippen LogP contribution in [0.1, 0.15) is 0 Å². The lowest BCUT2D eigenvalue weighted by Crippen LogP contribution is -1.98. The summed E-state index contributed by atoms with van der Waals surface area (Å²) in [5.41, 5.74) is 7.36. The first-order chi connectivity index (χ1) is 22.8. The van der Waals surface area contributed by atoms with Crippen LogP contribution in [0.4, 0.5) is 0 Å². The molecule has 0 saturated heterocycles. The largest absolute Gasteiger partial charge is 0.228 e. The normalized spacial score (nSPS) is 11.5. The summed E-state index contributed by atoms with van der Waals surface area (Å²) < 4.78 is 0. The molecule has 1 heterocycles. The molecule has 214 valence electrons. The van der Waals surface area contributed by atoms with Crippen LogP contribution in [0.3, 0.4) is 0 Å². The van der Waals surface area contributed by atoms with Crippen molar-refractivity contribution in [3.8, 4) is 45.0 Å². The van der Waals surface area contributed by atoms with Gasteiger partial charge in [-0.05, 0) is 72.4 Å². The smallest absolute Gasteiger partial charge is 0.161 e. The number of hydrogen-bond donors (Lipinski definition) is 0. The highest BCUT2D eigenvalue weighted by Crippen LogP contribution is 2.40. The molecule has 9 rings (SSSR count). The van der Waals surface area contributed by atoms with Gasteiger partial charge >= 0.3 is 0 Å². The molecule has 2 heteroatoms. The van der Waals surface area contributed by atoms with Gasteiger partial charge in [-0.25, -0.2) is 9.97 Å². The number of nitrogens with zero attached hydrogens (tertiary/aromatic N) is 2. The Bertz CT molecular complexity index is 2570. The number of hydrogen-bond acceptors (Lipinski definition) is 2. The minimum absolute atomic E-state index is 0.727. The molecule has 0 atom stereocenters. The zero-order chi connectivity index (χ0) is 30.5. The van der Waals surface area contributed by atoms with E-state index in [0.29, 0.717) is 0 Å². The summed E-state index contributed by atoms with van der Waals surface area (Å²) in [6.07, 6.45) is 0. The third-order valence-corrected chi connectivity index (χ3v) is 9.05. The summed E-state index contributed by atoms with van der Waals surface area (Å²) in [4.78, 5) is 10.7. The molecular weight excluding hydrogens is 556 g/mol. The molecule has 0 amide bonds. The predicted octanol–water partition coefficient (Wildman–Crippen LogP) is 11.8. The van der Waals surface area contributed by atoms with Crippen molar-refractivity contribution in [3.63, 3.8) is 0 Å². The minimum atomic E-state index is 0.727. The fraction of sp³-hybridized carbons (Fsp3) is 0. The fourth-order valence-electron chi connectivity index (χ4n) is 6.73. The molecule has 0 fully saturated rings. The average molecular weight is 585 g/mol. The van der Waals surface area contributed by atoms with Crippen molar-refractivity contribution < 1.29 is 0 Å². The van der Waals surface area contributed by atoms with E-state index < -0.39 is 0 Å². The molecule has 8 aromatic carbocycles. The molecule has 0 aliphatic carbocycles. The van der Waals surface area contributed by atoms with E-state index in [4.69, 9.17) is 9.97 Å². The van der Waals surface area contributed by atoms with Gasteiger partial charge in [0.1, 0.15) is 0 Å². The van der Waals surface area contributed by atoms with Crippen LogP contribution in [0.15, 0.2) is 170 Å². The highest BCUT2D eigenvalue weighted by Gasteiger charge is 2.17. The Morgan fingerprint density at radius 1 is 0.283 bits per heavy atom. The van der Waals surface area contributed by atoms with Crippen LogP contribution in [0.5, 0.6) is 0 Å². The summed E-state index contributed by atoms with van der Waals surface area (Å²) in [5, 5.41) is 9.54. The van der Waals surface area contributed by atoms with Gasteiger partial charge in [-0.2, -0.15) is 0 Å². The van der Waals surface area contributed by atoms with Crippen LogP contribution < -0.4 is 0 Å². The lowest BCUT2D eigenvalue weighted by molar-refractivity contribution is 1.19. The third kappa shape index (κ3) is 4.51. The van der Waals surface area contributed by atoms with E-state index in [1.807, 2.05) is 6.07 Å². The quantitative estimate of drug-likeness (QED) is 0.152. The number of benzene rings is 8. The first-order valence-electron chi connectivity index (χ1n) is 15.7. The first-order valence-corrected chi connectivity index (χ1v) is 15.7. The van der Waals surface area contributed by atoms with Crippen LogP contribution in [-0.4, -0.2) is 9.97 Å². The Morgan fingerprint density at radius 2 is 0.848 bits per heavy atom. The molecule has 9 aromatic rings. The molecule has 46 heavy (non-hydrogen) atoms. The predicted molar refractivity (Wildman–Crippen MR) is 194 cm³/mol. The van der Waals surface area contributed by atoms with E-state index in [9.17, 15) is 0 Å². The zero-order valence-corrected chi connectivity index (χ0v) is 25.1. The topological polar surface area (TPSA) is 25.8 Å². The Kier molecular flexibility index (Phi) is 6.17. The van der Waals surface area contributed by atoms with Crippen LogP contribution in [0.2, 0.25) is 0 Å². The van der Waals surface area contributed by atoms with Crippen molar-refractivity contribution in [1.82, 2.24) is 9.97 Å². The van der Waals surface area contributed by atoms with Gasteiger partial charge in [0.25, 0.3) is 0 Å². The molecule has 0 N–H and O–H groups in total. The van der Waals surface area contributed by atoms with Crippen molar-refractivity contribution in [2.75, 3.05) is 0 Å². The number of rotatable bonds is 4. The van der Waals surface area contributed by atoms with Gasteiger partial charge in [0, 0.05) is 16.7 Å². The summed E-state index contributed by atoms with van der Waals surface area (Å²) in [5.74, 6) is 0.727. The van der Waals surface area contributed by atoms with Gasteiger partial charge in [-0.3, -0.25) is 0 Å². The van der Waals surface area contributed by atoms with Crippen molar-refractivity contribution in [1.29, 1.82) is 0 Å². The summed E-state index contributed by atoms with van der Waals surface area (Å²) >= 11 is 0. The van der Waals surface area contributed by atoms with Crippen LogP contribution in [0, 0.1) is 0 Å². The molecule has 1 aromatic heterocycles. The Labute approximate surface area is 267 Å². The standard InChI is InChI=1S/C44H28N2/c1-2-10-29(11-3-1)31-18-21-33(22-19-31)41-28-42(36-23-20-30-12-4-5-14-34(30)26-36)46-44(45-41)43-38-17-9-7-15-35(38)27-40-37-16-8-6-13-32(37)24-25-39(40)43/h1-28H. The molecule has 0 radical (unpaired) electrons. The highest BCUT2D eigenvalue weighted by atomic mass is 14.9. The molecule has 0 spiro atoms. The van der Waals surface area contributed by atoms with Gasteiger partial charge < -0.3 is 0 Å². The minimum Gasteiger partial charge on any atom is -0.228 e. The van der Waals surface area contributed by atoms with E-state index in [2.05, 4.69) is 164 Å². The van der Waals surface area contributed by atoms with E-state index in [1.54, 1.807) is 0 Å². The van der Waals surface area contributed by atoms with E-state index in [1.165, 1.54) is 43.4 Å². The Balaban J connectivity index is 1.32. The van der Waals surface area contributed by atoms with Crippen molar-refractivity contribution in [2.24, 2.45) is 0 Å². The Morgan fingerprint density at radius 3 is 1.65 bits per heavy atom. The number of aromatic nitrogens is 2. The third-order valence-electron chi connectivity index (χ3n) is 9.05. The van der Waals surface area contributed by atoms with Gasteiger partial charge in [0.05, 0.1) is 11.4 Å². The Hall–Kier alpha value is -6.12. The molecular formula is C44H28N2. The zero-order valence-electron chi connectivity index (χ0n) is 25.1. The fourth-order valence-corrected chi connectivity index (χ4v) is 6.73. The molecule has 0 aliphatic rings.